The molecule has 3 nitrogen and oxygen atoms in total. The fraction of sp³-hybridized carbons (Fsp3) is 0.278. The van der Waals surface area contributed by atoms with E-state index in [4.69, 9.17) is 0 Å². The summed E-state index contributed by atoms with van der Waals surface area (Å²) in [5.41, 5.74) is 3.57. The van der Waals surface area contributed by atoms with Crippen LogP contribution in [0.2, 0.25) is 0 Å². The van der Waals surface area contributed by atoms with E-state index >= 15 is 0 Å². The van der Waals surface area contributed by atoms with Gasteiger partial charge in [-0.05, 0) is 48.9 Å². The number of aryl methyl sites for hydroxylation is 2. The molecule has 0 fully saturated rings. The molecule has 0 heterocycles. The largest absolute Gasteiger partial charge is 0.507 e. The molecule has 108 valence electrons. The van der Waals surface area contributed by atoms with E-state index in [-0.39, 0.29) is 17.7 Å². The van der Waals surface area contributed by atoms with Crippen molar-refractivity contribution < 1.29 is 9.90 Å². The second-order valence-electron chi connectivity index (χ2n) is 5.59. The lowest BCUT2D eigenvalue weighted by atomic mass is 9.87. The maximum absolute atomic E-state index is 12.4. The number of hydrogen-bond donors (Lipinski definition) is 2. The number of hydrogen-bond acceptors (Lipinski definition) is 2. The van der Waals surface area contributed by atoms with E-state index in [1.165, 1.54) is 11.1 Å². The highest BCUT2D eigenvalue weighted by Crippen LogP contribution is 2.30. The van der Waals surface area contributed by atoms with Gasteiger partial charge in [0.15, 0.2) is 0 Å². The first-order chi connectivity index (χ1) is 10.2. The van der Waals surface area contributed by atoms with Crippen molar-refractivity contribution in [2.75, 3.05) is 0 Å². The van der Waals surface area contributed by atoms with Crippen molar-refractivity contribution in [2.24, 2.45) is 0 Å². The number of nitrogens with one attached hydrogen (secondary N) is 1. The molecular weight excluding hydrogens is 262 g/mol. The highest BCUT2D eigenvalue weighted by Gasteiger charge is 2.23. The van der Waals surface area contributed by atoms with Gasteiger partial charge >= 0.3 is 0 Å². The van der Waals surface area contributed by atoms with Gasteiger partial charge in [0.1, 0.15) is 5.75 Å². The molecular formula is C18H19NO2. The Morgan fingerprint density at radius 3 is 2.86 bits per heavy atom. The van der Waals surface area contributed by atoms with Gasteiger partial charge in [-0.2, -0.15) is 0 Å². The quantitative estimate of drug-likeness (QED) is 0.885. The molecule has 1 unspecified atom stereocenters. The molecule has 0 aliphatic heterocycles. The number of phenols is 1. The fourth-order valence-corrected chi connectivity index (χ4v) is 2.98. The lowest BCUT2D eigenvalue weighted by Gasteiger charge is -2.26. The average Bonchev–Trinajstić information content (AvgIpc) is 2.50. The summed E-state index contributed by atoms with van der Waals surface area (Å²) in [7, 11) is 0. The smallest absolute Gasteiger partial charge is 0.255 e. The molecule has 1 aliphatic rings. The first-order valence-corrected chi connectivity index (χ1v) is 7.34. The summed E-state index contributed by atoms with van der Waals surface area (Å²) < 4.78 is 0. The second-order valence-corrected chi connectivity index (χ2v) is 5.59. The van der Waals surface area contributed by atoms with Crippen LogP contribution in [0.3, 0.4) is 0 Å². The summed E-state index contributed by atoms with van der Waals surface area (Å²) in [4.78, 5) is 12.4. The van der Waals surface area contributed by atoms with E-state index in [1.807, 2.05) is 12.1 Å². The van der Waals surface area contributed by atoms with Crippen LogP contribution < -0.4 is 5.32 Å². The Kier molecular flexibility index (Phi) is 3.65. The number of aromatic hydroxyl groups is 1. The molecule has 2 N–H and O–H groups in total. The van der Waals surface area contributed by atoms with E-state index in [2.05, 4.69) is 17.4 Å². The molecule has 0 saturated heterocycles. The van der Waals surface area contributed by atoms with Crippen molar-refractivity contribution >= 4 is 5.91 Å². The predicted molar refractivity (Wildman–Crippen MR) is 82.4 cm³/mol. The Labute approximate surface area is 124 Å². The summed E-state index contributed by atoms with van der Waals surface area (Å²) >= 11 is 0. The van der Waals surface area contributed by atoms with Gasteiger partial charge in [0, 0.05) is 0 Å². The molecule has 1 aliphatic carbocycles. The molecule has 2 aromatic carbocycles. The van der Waals surface area contributed by atoms with Gasteiger partial charge in [-0.15, -0.1) is 0 Å². The molecule has 2 aromatic rings. The lowest BCUT2D eigenvalue weighted by Crippen LogP contribution is -2.31. The Balaban J connectivity index is 1.85. The van der Waals surface area contributed by atoms with Gasteiger partial charge in [0.2, 0.25) is 0 Å². The summed E-state index contributed by atoms with van der Waals surface area (Å²) in [6.45, 7) is 1.79. The SMILES string of the molecule is Cc1cccc(C(=O)NC2CCCc3ccccc32)c1O. The van der Waals surface area contributed by atoms with Gasteiger partial charge in [-0.3, -0.25) is 4.79 Å². The Morgan fingerprint density at radius 1 is 1.19 bits per heavy atom. The van der Waals surface area contributed by atoms with Crippen LogP contribution in [0.1, 0.15) is 45.9 Å². The lowest BCUT2D eigenvalue weighted by molar-refractivity contribution is 0.0930. The first-order valence-electron chi connectivity index (χ1n) is 7.34. The van der Waals surface area contributed by atoms with Crippen molar-refractivity contribution in [3.05, 3.63) is 64.7 Å². The highest BCUT2D eigenvalue weighted by molar-refractivity contribution is 5.97. The third kappa shape index (κ3) is 2.64. The third-order valence-corrected chi connectivity index (χ3v) is 4.16. The number of carbonyl (C=O) groups excluding carboxylic acids is 1. The summed E-state index contributed by atoms with van der Waals surface area (Å²) in [5, 5.41) is 13.1. The normalized spacial score (nSPS) is 17.1. The van der Waals surface area contributed by atoms with Crippen LogP contribution in [0, 0.1) is 6.92 Å². The summed E-state index contributed by atoms with van der Waals surface area (Å²) in [5.74, 6) is -0.142. The first kappa shape index (κ1) is 13.7. The van der Waals surface area contributed by atoms with Crippen molar-refractivity contribution in [3.8, 4) is 5.75 Å². The van der Waals surface area contributed by atoms with E-state index in [0.29, 0.717) is 11.1 Å². The zero-order valence-corrected chi connectivity index (χ0v) is 12.1. The Morgan fingerprint density at radius 2 is 2.00 bits per heavy atom. The van der Waals surface area contributed by atoms with Crippen LogP contribution >= 0.6 is 0 Å². The van der Waals surface area contributed by atoms with Gasteiger partial charge in [0.25, 0.3) is 5.91 Å². The van der Waals surface area contributed by atoms with Crippen LogP contribution in [-0.4, -0.2) is 11.0 Å². The number of benzene rings is 2. The topological polar surface area (TPSA) is 49.3 Å². The molecule has 1 amide bonds. The van der Waals surface area contributed by atoms with Crippen LogP contribution in [0.25, 0.3) is 0 Å². The average molecular weight is 281 g/mol. The van der Waals surface area contributed by atoms with Gasteiger partial charge in [-0.1, -0.05) is 36.4 Å². The minimum Gasteiger partial charge on any atom is -0.507 e. The van der Waals surface area contributed by atoms with E-state index in [0.717, 1.165) is 19.3 Å². The standard InChI is InChI=1S/C18H19NO2/c1-12-6-4-10-15(17(12)20)18(21)19-16-11-5-8-13-7-2-3-9-14(13)16/h2-4,6-7,9-10,16,20H,5,8,11H2,1H3,(H,19,21). The van der Waals surface area contributed by atoms with E-state index in [1.54, 1.807) is 25.1 Å². The monoisotopic (exact) mass is 281 g/mol. The van der Waals surface area contributed by atoms with E-state index in [9.17, 15) is 9.90 Å². The van der Waals surface area contributed by atoms with Crippen LogP contribution in [0.15, 0.2) is 42.5 Å². The van der Waals surface area contributed by atoms with Gasteiger partial charge in [0.05, 0.1) is 11.6 Å². The predicted octanol–water partition coefficient (Wildman–Crippen LogP) is 3.51. The van der Waals surface area contributed by atoms with E-state index < -0.39 is 0 Å². The molecule has 3 rings (SSSR count). The molecule has 0 saturated carbocycles. The van der Waals surface area contributed by atoms with Gasteiger partial charge in [-0.25, -0.2) is 0 Å². The fourth-order valence-electron chi connectivity index (χ4n) is 2.98. The maximum Gasteiger partial charge on any atom is 0.255 e. The highest BCUT2D eigenvalue weighted by atomic mass is 16.3. The number of fused-ring (bicyclic) bond motifs is 1. The molecule has 21 heavy (non-hydrogen) atoms. The molecule has 0 bridgehead atoms. The van der Waals surface area contributed by atoms with Crippen LogP contribution in [0.4, 0.5) is 0 Å². The molecule has 0 radical (unpaired) electrons. The minimum atomic E-state index is -0.210. The molecule has 3 heteroatoms. The zero-order chi connectivity index (χ0) is 14.8. The van der Waals surface area contributed by atoms with Crippen molar-refractivity contribution in [2.45, 2.75) is 32.2 Å². The molecule has 0 spiro atoms. The van der Waals surface area contributed by atoms with Crippen molar-refractivity contribution in [3.63, 3.8) is 0 Å². The number of amides is 1. The number of carbonyl (C=O) groups is 1. The van der Waals surface area contributed by atoms with Gasteiger partial charge < -0.3 is 10.4 Å². The number of phenolic OH excluding ortho intramolecular Hbond substituents is 1. The van der Waals surface area contributed by atoms with Crippen LogP contribution in [0.5, 0.6) is 5.75 Å². The molecule has 0 aromatic heterocycles. The molecule has 1 atom stereocenters. The number of rotatable bonds is 2. The Hall–Kier alpha value is -2.29. The summed E-state index contributed by atoms with van der Waals surface area (Å²) in [6.07, 6.45) is 3.08. The zero-order valence-electron chi connectivity index (χ0n) is 12.1. The van der Waals surface area contributed by atoms with Crippen molar-refractivity contribution in [1.82, 2.24) is 5.32 Å². The minimum absolute atomic E-state index is 0.0300. The van der Waals surface area contributed by atoms with Crippen molar-refractivity contribution in [1.29, 1.82) is 0 Å². The third-order valence-electron chi connectivity index (χ3n) is 4.16. The van der Waals surface area contributed by atoms with Crippen LogP contribution in [-0.2, 0) is 6.42 Å². The number of para-hydroxylation sites is 1. The second kappa shape index (κ2) is 5.60. The maximum atomic E-state index is 12.4. The Bertz CT molecular complexity index is 679. The summed E-state index contributed by atoms with van der Waals surface area (Å²) in [6, 6.07) is 13.5.